The zero-order valence-electron chi connectivity index (χ0n) is 15.1. The quantitative estimate of drug-likeness (QED) is 0.697. The van der Waals surface area contributed by atoms with Crippen LogP contribution in [-0.4, -0.2) is 29.4 Å². The summed E-state index contributed by atoms with van der Waals surface area (Å²) in [5, 5.41) is 5.80. The molecule has 1 unspecified atom stereocenters. The summed E-state index contributed by atoms with van der Waals surface area (Å²) < 4.78 is 5.57. The lowest BCUT2D eigenvalue weighted by molar-refractivity contribution is -0.122. The van der Waals surface area contributed by atoms with Crippen LogP contribution in [0, 0.1) is 0 Å². The Balaban J connectivity index is 1.94. The smallest absolute Gasteiger partial charge is 0.253 e. The normalized spacial score (nSPS) is 11.6. The summed E-state index contributed by atoms with van der Waals surface area (Å²) in [4.78, 5) is 28.8. The molecule has 2 aromatic rings. The van der Waals surface area contributed by atoms with Crippen molar-refractivity contribution < 1.29 is 14.3 Å². The molecule has 1 atom stereocenters. The monoisotopic (exact) mass is 409 g/mol. The Bertz CT molecular complexity index is 815. The highest BCUT2D eigenvalue weighted by molar-refractivity contribution is 6.43. The SMILES string of the molecule is CCCOc1ncccc1CNC(=O)C(C)NC(=O)c1cccc(Cl)c1Cl. The Morgan fingerprint density at radius 2 is 2.00 bits per heavy atom. The first-order valence-electron chi connectivity index (χ1n) is 8.53. The molecular formula is C19H21Cl2N3O3. The second-order valence-corrected chi connectivity index (χ2v) is 6.62. The third kappa shape index (κ3) is 5.84. The van der Waals surface area contributed by atoms with E-state index in [0.717, 1.165) is 12.0 Å². The van der Waals surface area contributed by atoms with Crippen molar-refractivity contribution in [2.75, 3.05) is 6.61 Å². The fourth-order valence-electron chi connectivity index (χ4n) is 2.24. The van der Waals surface area contributed by atoms with Crippen LogP contribution in [0.5, 0.6) is 5.88 Å². The summed E-state index contributed by atoms with van der Waals surface area (Å²) in [5.41, 5.74) is 0.974. The van der Waals surface area contributed by atoms with Gasteiger partial charge < -0.3 is 15.4 Å². The van der Waals surface area contributed by atoms with Crippen LogP contribution >= 0.6 is 23.2 Å². The molecule has 0 bridgehead atoms. The summed E-state index contributed by atoms with van der Waals surface area (Å²) in [7, 11) is 0. The second-order valence-electron chi connectivity index (χ2n) is 5.83. The Labute approximate surface area is 168 Å². The molecule has 2 N–H and O–H groups in total. The maximum Gasteiger partial charge on any atom is 0.253 e. The number of rotatable bonds is 8. The van der Waals surface area contributed by atoms with Crippen molar-refractivity contribution in [2.45, 2.75) is 32.9 Å². The van der Waals surface area contributed by atoms with Gasteiger partial charge in [-0.1, -0.05) is 42.3 Å². The van der Waals surface area contributed by atoms with Crippen LogP contribution in [0.15, 0.2) is 36.5 Å². The van der Waals surface area contributed by atoms with Crippen molar-refractivity contribution in [1.29, 1.82) is 0 Å². The molecule has 144 valence electrons. The number of aromatic nitrogens is 1. The number of halogens is 2. The van der Waals surface area contributed by atoms with Gasteiger partial charge >= 0.3 is 0 Å². The lowest BCUT2D eigenvalue weighted by atomic mass is 10.2. The topological polar surface area (TPSA) is 80.3 Å². The predicted octanol–water partition coefficient (Wildman–Crippen LogP) is 3.61. The number of carbonyl (C=O) groups is 2. The molecule has 0 radical (unpaired) electrons. The molecule has 1 heterocycles. The number of amides is 2. The van der Waals surface area contributed by atoms with E-state index in [9.17, 15) is 9.59 Å². The number of pyridine rings is 1. The highest BCUT2D eigenvalue weighted by Gasteiger charge is 2.19. The molecule has 8 heteroatoms. The Morgan fingerprint density at radius 3 is 2.74 bits per heavy atom. The van der Waals surface area contributed by atoms with Gasteiger partial charge in [-0.15, -0.1) is 0 Å². The number of nitrogens with one attached hydrogen (secondary N) is 2. The molecule has 6 nitrogen and oxygen atoms in total. The maximum atomic E-state index is 12.3. The molecule has 1 aromatic carbocycles. The molecule has 0 aliphatic carbocycles. The van der Waals surface area contributed by atoms with Crippen molar-refractivity contribution in [1.82, 2.24) is 15.6 Å². The van der Waals surface area contributed by atoms with Gasteiger partial charge in [0, 0.05) is 18.3 Å². The summed E-state index contributed by atoms with van der Waals surface area (Å²) in [6, 6.07) is 7.59. The average molecular weight is 410 g/mol. The first-order valence-corrected chi connectivity index (χ1v) is 9.29. The zero-order valence-corrected chi connectivity index (χ0v) is 16.6. The molecule has 1 aromatic heterocycles. The molecule has 0 fully saturated rings. The zero-order chi connectivity index (χ0) is 19.8. The number of benzene rings is 1. The van der Waals surface area contributed by atoms with Gasteiger partial charge in [-0.05, 0) is 31.5 Å². The first-order chi connectivity index (χ1) is 12.9. The minimum Gasteiger partial charge on any atom is -0.477 e. The van der Waals surface area contributed by atoms with Crippen LogP contribution in [0.1, 0.15) is 36.2 Å². The average Bonchev–Trinajstić information content (AvgIpc) is 2.66. The van der Waals surface area contributed by atoms with Gasteiger partial charge in [0.05, 0.1) is 22.2 Å². The van der Waals surface area contributed by atoms with Crippen LogP contribution in [0.2, 0.25) is 10.0 Å². The van der Waals surface area contributed by atoms with E-state index in [1.807, 2.05) is 13.0 Å². The molecule has 0 saturated carbocycles. The van der Waals surface area contributed by atoms with Gasteiger partial charge in [0.2, 0.25) is 11.8 Å². The van der Waals surface area contributed by atoms with Gasteiger partial charge in [0.1, 0.15) is 6.04 Å². The van der Waals surface area contributed by atoms with Gasteiger partial charge in [0.25, 0.3) is 5.91 Å². The number of ether oxygens (including phenoxy) is 1. The van der Waals surface area contributed by atoms with Crippen molar-refractivity contribution in [3.8, 4) is 5.88 Å². The third-order valence-electron chi connectivity index (χ3n) is 3.68. The second kappa shape index (κ2) is 10.1. The van der Waals surface area contributed by atoms with E-state index < -0.39 is 11.9 Å². The van der Waals surface area contributed by atoms with Gasteiger partial charge in [-0.2, -0.15) is 0 Å². The third-order valence-corrected chi connectivity index (χ3v) is 4.50. The highest BCUT2D eigenvalue weighted by atomic mass is 35.5. The largest absolute Gasteiger partial charge is 0.477 e. The molecular weight excluding hydrogens is 389 g/mol. The highest BCUT2D eigenvalue weighted by Crippen LogP contribution is 2.25. The van der Waals surface area contributed by atoms with E-state index in [1.54, 1.807) is 37.4 Å². The van der Waals surface area contributed by atoms with Gasteiger partial charge in [-0.3, -0.25) is 9.59 Å². The van der Waals surface area contributed by atoms with Gasteiger partial charge in [-0.25, -0.2) is 4.98 Å². The maximum absolute atomic E-state index is 12.3. The predicted molar refractivity (Wildman–Crippen MR) is 105 cm³/mol. The van der Waals surface area contributed by atoms with Crippen molar-refractivity contribution in [2.24, 2.45) is 0 Å². The number of nitrogens with zero attached hydrogens (tertiary/aromatic N) is 1. The van der Waals surface area contributed by atoms with Crippen LogP contribution < -0.4 is 15.4 Å². The van der Waals surface area contributed by atoms with E-state index in [4.69, 9.17) is 27.9 Å². The fraction of sp³-hybridized carbons (Fsp3) is 0.316. The number of hydrogen-bond acceptors (Lipinski definition) is 4. The van der Waals surface area contributed by atoms with E-state index in [0.29, 0.717) is 12.5 Å². The van der Waals surface area contributed by atoms with Crippen molar-refractivity contribution >= 4 is 35.0 Å². The van der Waals surface area contributed by atoms with Crippen LogP contribution in [0.3, 0.4) is 0 Å². The molecule has 0 aliphatic rings. The minimum atomic E-state index is -0.760. The number of hydrogen-bond donors (Lipinski definition) is 2. The Morgan fingerprint density at radius 1 is 1.22 bits per heavy atom. The van der Waals surface area contributed by atoms with E-state index in [-0.39, 0.29) is 28.1 Å². The van der Waals surface area contributed by atoms with Crippen molar-refractivity contribution in [3.05, 3.63) is 57.7 Å². The van der Waals surface area contributed by atoms with E-state index in [1.165, 1.54) is 0 Å². The molecule has 2 rings (SSSR count). The Kier molecular flexibility index (Phi) is 7.88. The van der Waals surface area contributed by atoms with E-state index in [2.05, 4.69) is 15.6 Å². The molecule has 0 aliphatic heterocycles. The summed E-state index contributed by atoms with van der Waals surface area (Å²) in [6.07, 6.45) is 2.49. The standard InChI is InChI=1S/C19H21Cl2N3O3/c1-3-10-27-19-13(6-5-9-22-19)11-23-17(25)12(2)24-18(26)14-7-4-8-15(20)16(14)21/h4-9,12H,3,10-11H2,1-2H3,(H,23,25)(H,24,26). The summed E-state index contributed by atoms with van der Waals surface area (Å²) in [6.45, 7) is 4.37. The molecule has 2 amide bonds. The molecule has 0 spiro atoms. The lowest BCUT2D eigenvalue weighted by Gasteiger charge is -2.16. The van der Waals surface area contributed by atoms with E-state index >= 15 is 0 Å². The summed E-state index contributed by atoms with van der Waals surface area (Å²) >= 11 is 12.0. The fourth-order valence-corrected chi connectivity index (χ4v) is 2.63. The minimum absolute atomic E-state index is 0.150. The van der Waals surface area contributed by atoms with Crippen LogP contribution in [-0.2, 0) is 11.3 Å². The van der Waals surface area contributed by atoms with Gasteiger partial charge in [0.15, 0.2) is 0 Å². The van der Waals surface area contributed by atoms with Crippen molar-refractivity contribution in [3.63, 3.8) is 0 Å². The van der Waals surface area contributed by atoms with Crippen LogP contribution in [0.4, 0.5) is 0 Å². The number of carbonyl (C=O) groups excluding carboxylic acids is 2. The molecule has 27 heavy (non-hydrogen) atoms. The Hall–Kier alpha value is -2.31. The lowest BCUT2D eigenvalue weighted by Crippen LogP contribution is -2.44. The summed E-state index contributed by atoms with van der Waals surface area (Å²) in [5.74, 6) is -0.327. The molecule has 0 saturated heterocycles. The first kappa shape index (κ1) is 21.0. The van der Waals surface area contributed by atoms with Crippen LogP contribution in [0.25, 0.3) is 0 Å².